The van der Waals surface area contributed by atoms with E-state index in [0.29, 0.717) is 6.54 Å². The molecule has 6 nitrogen and oxygen atoms in total. The summed E-state index contributed by atoms with van der Waals surface area (Å²) in [5.41, 5.74) is 7.69. The molecule has 0 aliphatic rings. The Balaban J connectivity index is 3.50. The molecule has 0 aliphatic heterocycles. The molecule has 6 heteroatoms. The van der Waals surface area contributed by atoms with Crippen LogP contribution in [0.3, 0.4) is 0 Å². The van der Waals surface area contributed by atoms with Gasteiger partial charge in [-0.05, 0) is 39.1 Å². The number of amides is 1. The summed E-state index contributed by atoms with van der Waals surface area (Å²) in [5, 5.41) is 3.50. The third-order valence-electron chi connectivity index (χ3n) is 2.77. The number of nitrogens with zero attached hydrogens (tertiary/aromatic N) is 4. The molecular formula is C14H28N4O2. The normalized spacial score (nSPS) is 10.8. The van der Waals surface area contributed by atoms with Gasteiger partial charge in [0.15, 0.2) is 0 Å². The van der Waals surface area contributed by atoms with Crippen LogP contribution in [0.4, 0.5) is 4.79 Å². The fraction of sp³-hybridized carbons (Fsp3) is 0.929. The lowest BCUT2D eigenvalue weighted by atomic mass is 10.1. The average Bonchev–Trinajstić information content (AvgIpc) is 2.34. The number of hydrogen-bond donors (Lipinski definition) is 0. The van der Waals surface area contributed by atoms with Crippen LogP contribution in [0.5, 0.6) is 0 Å². The van der Waals surface area contributed by atoms with Gasteiger partial charge >= 0.3 is 6.09 Å². The Bertz CT molecular complexity index is 320. The first-order valence-corrected chi connectivity index (χ1v) is 7.32. The molecule has 20 heavy (non-hydrogen) atoms. The van der Waals surface area contributed by atoms with Gasteiger partial charge in [-0.3, -0.25) is 0 Å². The Morgan fingerprint density at radius 1 is 1.15 bits per heavy atom. The lowest BCUT2D eigenvalue weighted by Crippen LogP contribution is -2.34. The van der Waals surface area contributed by atoms with Crippen molar-refractivity contribution < 1.29 is 9.53 Å². The van der Waals surface area contributed by atoms with Gasteiger partial charge in [-0.2, -0.15) is 0 Å². The van der Waals surface area contributed by atoms with Crippen molar-refractivity contribution in [3.63, 3.8) is 0 Å². The number of rotatable bonds is 9. The molecule has 0 spiro atoms. The van der Waals surface area contributed by atoms with E-state index in [1.165, 1.54) is 0 Å². The molecule has 0 rings (SSSR count). The van der Waals surface area contributed by atoms with Gasteiger partial charge in [-0.25, -0.2) is 4.79 Å². The van der Waals surface area contributed by atoms with E-state index < -0.39 is 5.60 Å². The van der Waals surface area contributed by atoms with E-state index in [1.54, 1.807) is 11.9 Å². The molecule has 0 N–H and O–H groups in total. The second kappa shape index (κ2) is 10.4. The predicted octanol–water partition coefficient (Wildman–Crippen LogP) is 4.50. The first-order chi connectivity index (χ1) is 9.37. The average molecular weight is 284 g/mol. The minimum absolute atomic E-state index is 0.258. The van der Waals surface area contributed by atoms with Crippen molar-refractivity contribution in [3.8, 4) is 0 Å². The van der Waals surface area contributed by atoms with Gasteiger partial charge in [0.1, 0.15) is 5.60 Å². The van der Waals surface area contributed by atoms with Crippen molar-refractivity contribution in [2.75, 3.05) is 20.1 Å². The molecule has 0 bridgehead atoms. The highest BCUT2D eigenvalue weighted by Crippen LogP contribution is 2.10. The summed E-state index contributed by atoms with van der Waals surface area (Å²) in [5.74, 6) is 0. The Morgan fingerprint density at radius 2 is 1.70 bits per heavy atom. The summed E-state index contributed by atoms with van der Waals surface area (Å²) >= 11 is 0. The molecule has 0 aromatic carbocycles. The minimum Gasteiger partial charge on any atom is -0.444 e. The lowest BCUT2D eigenvalue weighted by molar-refractivity contribution is 0.0296. The van der Waals surface area contributed by atoms with Crippen molar-refractivity contribution in [1.29, 1.82) is 0 Å². The summed E-state index contributed by atoms with van der Waals surface area (Å²) in [6.45, 7) is 6.94. The van der Waals surface area contributed by atoms with Gasteiger partial charge in [0.25, 0.3) is 0 Å². The van der Waals surface area contributed by atoms with Crippen LogP contribution in [0.25, 0.3) is 10.4 Å². The molecule has 0 aromatic rings. The van der Waals surface area contributed by atoms with Crippen LogP contribution in [0, 0.1) is 0 Å². The Morgan fingerprint density at radius 3 is 2.25 bits per heavy atom. The van der Waals surface area contributed by atoms with Crippen LogP contribution in [-0.2, 0) is 4.74 Å². The Hall–Kier alpha value is -1.42. The quantitative estimate of drug-likeness (QED) is 0.270. The molecule has 0 radical (unpaired) electrons. The number of azide groups is 1. The SMILES string of the molecule is CN(CCCCCCCCN=[N+]=[N-])C(=O)OC(C)(C)C. The van der Waals surface area contributed by atoms with E-state index in [9.17, 15) is 4.79 Å². The highest BCUT2D eigenvalue weighted by Gasteiger charge is 2.18. The van der Waals surface area contributed by atoms with Crippen molar-refractivity contribution in [2.45, 2.75) is 64.9 Å². The van der Waals surface area contributed by atoms with E-state index in [1.807, 2.05) is 20.8 Å². The van der Waals surface area contributed by atoms with Crippen LogP contribution in [0.2, 0.25) is 0 Å². The third kappa shape index (κ3) is 11.7. The van der Waals surface area contributed by atoms with Gasteiger partial charge in [0, 0.05) is 25.0 Å². The first kappa shape index (κ1) is 18.6. The monoisotopic (exact) mass is 284 g/mol. The summed E-state index contributed by atoms with van der Waals surface area (Å²) in [7, 11) is 1.77. The zero-order valence-corrected chi connectivity index (χ0v) is 13.3. The zero-order chi connectivity index (χ0) is 15.4. The number of ether oxygens (including phenoxy) is 1. The maximum Gasteiger partial charge on any atom is 0.410 e. The van der Waals surface area contributed by atoms with E-state index >= 15 is 0 Å². The Kier molecular flexibility index (Phi) is 9.64. The predicted molar refractivity (Wildman–Crippen MR) is 80.6 cm³/mol. The van der Waals surface area contributed by atoms with Gasteiger partial charge < -0.3 is 9.64 Å². The maximum atomic E-state index is 11.7. The molecule has 0 fully saturated rings. The molecule has 0 unspecified atom stereocenters. The molecule has 0 saturated heterocycles. The lowest BCUT2D eigenvalue weighted by Gasteiger charge is -2.24. The van der Waals surface area contributed by atoms with Crippen LogP contribution in [-0.4, -0.2) is 36.7 Å². The molecule has 0 heterocycles. The van der Waals surface area contributed by atoms with E-state index in [-0.39, 0.29) is 6.09 Å². The molecular weight excluding hydrogens is 256 g/mol. The van der Waals surface area contributed by atoms with Crippen LogP contribution >= 0.6 is 0 Å². The molecule has 0 atom stereocenters. The Labute approximate surface area is 122 Å². The summed E-state index contributed by atoms with van der Waals surface area (Å²) in [6, 6.07) is 0. The molecule has 0 aromatic heterocycles. The highest BCUT2D eigenvalue weighted by atomic mass is 16.6. The molecule has 0 saturated carbocycles. The van der Waals surface area contributed by atoms with Crippen molar-refractivity contribution >= 4 is 6.09 Å². The van der Waals surface area contributed by atoms with E-state index in [0.717, 1.165) is 45.1 Å². The fourth-order valence-electron chi connectivity index (χ4n) is 1.71. The summed E-state index contributed by atoms with van der Waals surface area (Å²) < 4.78 is 5.28. The largest absolute Gasteiger partial charge is 0.444 e. The number of carbonyl (C=O) groups is 1. The van der Waals surface area contributed by atoms with Gasteiger partial charge in [0.2, 0.25) is 0 Å². The van der Waals surface area contributed by atoms with Gasteiger partial charge in [-0.15, -0.1) is 0 Å². The van der Waals surface area contributed by atoms with E-state index in [2.05, 4.69) is 10.0 Å². The van der Waals surface area contributed by atoms with Gasteiger partial charge in [0.05, 0.1) is 0 Å². The summed E-state index contributed by atoms with van der Waals surface area (Å²) in [6.07, 6.45) is 6.20. The number of unbranched alkanes of at least 4 members (excludes halogenated alkanes) is 5. The third-order valence-corrected chi connectivity index (χ3v) is 2.77. The maximum absolute atomic E-state index is 11.7. The van der Waals surface area contributed by atoms with Gasteiger partial charge in [-0.1, -0.05) is 30.8 Å². The zero-order valence-electron chi connectivity index (χ0n) is 13.3. The molecule has 1 amide bonds. The second-order valence-corrected chi connectivity index (χ2v) is 5.98. The summed E-state index contributed by atoms with van der Waals surface area (Å²) in [4.78, 5) is 16.0. The standard InChI is InChI=1S/C14H28N4O2/c1-14(2,3)20-13(19)18(4)12-10-8-6-5-7-9-11-16-17-15/h5-12H2,1-4H3. The first-order valence-electron chi connectivity index (χ1n) is 7.32. The van der Waals surface area contributed by atoms with Crippen LogP contribution in [0.1, 0.15) is 59.3 Å². The topological polar surface area (TPSA) is 78.3 Å². The van der Waals surface area contributed by atoms with Crippen LogP contribution < -0.4 is 0 Å². The van der Waals surface area contributed by atoms with E-state index in [4.69, 9.17) is 10.3 Å². The molecule has 0 aliphatic carbocycles. The highest BCUT2D eigenvalue weighted by molar-refractivity contribution is 5.67. The second-order valence-electron chi connectivity index (χ2n) is 5.98. The molecule has 116 valence electrons. The van der Waals surface area contributed by atoms with Crippen molar-refractivity contribution in [1.82, 2.24) is 4.90 Å². The number of hydrogen-bond acceptors (Lipinski definition) is 3. The smallest absolute Gasteiger partial charge is 0.410 e. The fourth-order valence-corrected chi connectivity index (χ4v) is 1.71. The van der Waals surface area contributed by atoms with Crippen molar-refractivity contribution in [3.05, 3.63) is 10.4 Å². The van der Waals surface area contributed by atoms with Crippen molar-refractivity contribution in [2.24, 2.45) is 5.11 Å². The minimum atomic E-state index is -0.433. The van der Waals surface area contributed by atoms with Crippen LogP contribution in [0.15, 0.2) is 5.11 Å². The number of carbonyl (C=O) groups excluding carboxylic acids is 1.